The Labute approximate surface area is 324 Å². The number of fused-ring (bicyclic) bond motifs is 4. The predicted molar refractivity (Wildman–Crippen MR) is 213 cm³/mol. The zero-order chi connectivity index (χ0) is 37.6. The predicted octanol–water partition coefficient (Wildman–Crippen LogP) is 5.92. The second-order valence-electron chi connectivity index (χ2n) is 18.7. The van der Waals surface area contributed by atoms with Crippen LogP contribution in [0.1, 0.15) is 102 Å². The Morgan fingerprint density at radius 2 is 1.23 bits per heavy atom. The fourth-order valence-corrected chi connectivity index (χ4v) is 13.4. The van der Waals surface area contributed by atoms with Gasteiger partial charge in [-0.3, -0.25) is 10.2 Å². The highest BCUT2D eigenvalue weighted by molar-refractivity contribution is 5.85. The van der Waals surface area contributed by atoms with Crippen molar-refractivity contribution >= 4 is 12.4 Å². The summed E-state index contributed by atoms with van der Waals surface area (Å²) in [5.74, 6) is 7.62. The maximum Gasteiger partial charge on any atom is 0.0522 e. The number of hydrogen-bond donors (Lipinski definition) is 8. The number of aromatic amines is 2. The van der Waals surface area contributed by atoms with Crippen molar-refractivity contribution in [1.29, 1.82) is 0 Å². The van der Waals surface area contributed by atoms with Crippen LogP contribution >= 0.6 is 12.4 Å². The number of aromatic nitrogens is 4. The van der Waals surface area contributed by atoms with Gasteiger partial charge in [0.25, 0.3) is 0 Å². The molecular weight excluding hydrogens is 686 g/mol. The monoisotopic (exact) mass is 756 g/mol. The molecule has 0 aromatic carbocycles. The summed E-state index contributed by atoms with van der Waals surface area (Å²) < 4.78 is 0. The molecule has 11 heteroatoms. The Kier molecular flexibility index (Phi) is 12.9. The minimum atomic E-state index is 0. The van der Waals surface area contributed by atoms with Gasteiger partial charge in [-0.15, -0.1) is 12.4 Å². The van der Waals surface area contributed by atoms with Crippen LogP contribution in [0, 0.1) is 69.0 Å². The van der Waals surface area contributed by atoms with E-state index in [1.807, 2.05) is 12.4 Å². The summed E-state index contributed by atoms with van der Waals surface area (Å²) in [6.07, 6.45) is 18.8. The van der Waals surface area contributed by atoms with E-state index in [-0.39, 0.29) is 47.8 Å². The molecule has 2 aromatic heterocycles. The minimum absolute atomic E-state index is 0. The van der Waals surface area contributed by atoms with Crippen LogP contribution in [0.25, 0.3) is 0 Å². The number of aliphatic hydroxyl groups excluding tert-OH is 2. The summed E-state index contributed by atoms with van der Waals surface area (Å²) in [5, 5.41) is 41.7. The number of aliphatic hydroxyl groups is 2. The Morgan fingerprint density at radius 3 is 1.70 bits per heavy atom. The van der Waals surface area contributed by atoms with E-state index in [1.54, 1.807) is 5.57 Å². The van der Waals surface area contributed by atoms with Gasteiger partial charge >= 0.3 is 0 Å². The number of rotatable bonds is 6. The molecule has 6 aliphatic carbocycles. The lowest BCUT2D eigenvalue weighted by Gasteiger charge is -2.56. The first kappa shape index (κ1) is 42.1. The first-order valence-electron chi connectivity index (χ1n) is 20.1. The molecular formula is C42H70ClN7O3. The van der Waals surface area contributed by atoms with Crippen LogP contribution in [0.4, 0.5) is 0 Å². The second kappa shape index (κ2) is 16.2. The SMILES string of the molecule is C=C1CC[C@H]2[C@H](CN)[C@@H]([C@@]3(C)Cc4cn[nH]c4C[C@@H]3CO)CC[C@]12C.CC1=CC[C@H]2[C@H](CN)[C@@H]([C@@]3(C)Cc4cn[nH]c4C[C@@H]3CO)CC[C@]12C.Cl.NO. The molecule has 6 aliphatic rings. The number of nitrogens with one attached hydrogen (secondary N) is 2. The quantitative estimate of drug-likeness (QED) is 0.131. The van der Waals surface area contributed by atoms with E-state index in [2.05, 4.69) is 73.6 Å². The molecule has 2 aromatic rings. The summed E-state index contributed by atoms with van der Waals surface area (Å²) in [6, 6.07) is 0. The molecule has 0 saturated heterocycles. The molecule has 0 radical (unpaired) electrons. The first-order valence-corrected chi connectivity index (χ1v) is 20.1. The third kappa shape index (κ3) is 6.80. The van der Waals surface area contributed by atoms with Gasteiger partial charge in [-0.2, -0.15) is 10.2 Å². The molecule has 11 N–H and O–H groups in total. The summed E-state index contributed by atoms with van der Waals surface area (Å²) in [7, 11) is 0. The third-order valence-electron chi connectivity index (χ3n) is 17.0. The maximum atomic E-state index is 10.2. The molecule has 0 unspecified atom stereocenters. The highest BCUT2D eigenvalue weighted by Gasteiger charge is 2.57. The zero-order valence-corrected chi connectivity index (χ0v) is 33.9. The van der Waals surface area contributed by atoms with E-state index in [0.29, 0.717) is 46.8 Å². The summed E-state index contributed by atoms with van der Waals surface area (Å²) in [5.41, 5.74) is 21.7. The van der Waals surface area contributed by atoms with Crippen LogP contribution in [-0.2, 0) is 25.7 Å². The van der Waals surface area contributed by atoms with E-state index in [9.17, 15) is 10.2 Å². The van der Waals surface area contributed by atoms with Crippen LogP contribution in [-0.4, -0.2) is 62.1 Å². The molecule has 2 heterocycles. The topological polar surface area (TPSA) is 196 Å². The van der Waals surface area contributed by atoms with Gasteiger partial charge in [0.15, 0.2) is 0 Å². The lowest BCUT2D eigenvalue weighted by molar-refractivity contribution is -0.0555. The second-order valence-corrected chi connectivity index (χ2v) is 18.7. The van der Waals surface area contributed by atoms with Crippen LogP contribution in [0.5, 0.6) is 0 Å². The van der Waals surface area contributed by atoms with Crippen LogP contribution < -0.4 is 17.4 Å². The fourth-order valence-electron chi connectivity index (χ4n) is 13.4. The molecule has 3 saturated carbocycles. The molecule has 3 fully saturated rings. The summed E-state index contributed by atoms with van der Waals surface area (Å²) in [4.78, 5) is 0. The molecule has 12 atom stereocenters. The molecule has 0 spiro atoms. The molecule has 8 rings (SSSR count). The Hall–Kier alpha value is -2.05. The van der Waals surface area contributed by atoms with Crippen LogP contribution in [0.3, 0.4) is 0 Å². The largest absolute Gasteiger partial charge is 0.396 e. The molecule has 0 bridgehead atoms. The zero-order valence-electron chi connectivity index (χ0n) is 33.0. The number of nitrogens with two attached hydrogens (primary N) is 3. The average molecular weight is 757 g/mol. The van der Waals surface area contributed by atoms with E-state index in [1.165, 1.54) is 66.6 Å². The highest BCUT2D eigenvalue weighted by Crippen LogP contribution is 2.63. The van der Waals surface area contributed by atoms with Gasteiger partial charge in [-0.05, 0) is 171 Å². The van der Waals surface area contributed by atoms with Crippen molar-refractivity contribution in [2.24, 2.45) is 86.4 Å². The lowest BCUT2D eigenvalue weighted by atomic mass is 9.49. The Balaban J connectivity index is 0.000000192. The number of hydrogen-bond acceptors (Lipinski definition) is 8. The smallest absolute Gasteiger partial charge is 0.0522 e. The maximum absolute atomic E-state index is 10.2. The van der Waals surface area contributed by atoms with E-state index >= 15 is 0 Å². The van der Waals surface area contributed by atoms with Crippen LogP contribution in [0.15, 0.2) is 36.2 Å². The van der Waals surface area contributed by atoms with Crippen molar-refractivity contribution in [2.45, 2.75) is 105 Å². The van der Waals surface area contributed by atoms with E-state index in [4.69, 9.17) is 16.7 Å². The van der Waals surface area contributed by atoms with Crippen molar-refractivity contribution in [3.63, 3.8) is 0 Å². The third-order valence-corrected chi connectivity index (χ3v) is 17.0. The van der Waals surface area contributed by atoms with Gasteiger partial charge in [0.2, 0.25) is 0 Å². The molecule has 298 valence electrons. The van der Waals surface area contributed by atoms with E-state index < -0.39 is 0 Å². The van der Waals surface area contributed by atoms with Crippen molar-refractivity contribution < 1.29 is 15.4 Å². The van der Waals surface area contributed by atoms with Gasteiger partial charge < -0.3 is 26.9 Å². The van der Waals surface area contributed by atoms with Crippen LogP contribution in [0.2, 0.25) is 0 Å². The average Bonchev–Trinajstić information content (AvgIpc) is 3.93. The lowest BCUT2D eigenvalue weighted by Crippen LogP contribution is -2.53. The first-order chi connectivity index (χ1) is 24.9. The van der Waals surface area contributed by atoms with Gasteiger partial charge in [0.1, 0.15) is 0 Å². The van der Waals surface area contributed by atoms with Gasteiger partial charge in [-0.25, -0.2) is 5.90 Å². The Morgan fingerprint density at radius 1 is 0.755 bits per heavy atom. The van der Waals surface area contributed by atoms with Gasteiger partial charge in [0, 0.05) is 24.6 Å². The fraction of sp³-hybridized carbons (Fsp3) is 0.762. The minimum Gasteiger partial charge on any atom is -0.396 e. The summed E-state index contributed by atoms with van der Waals surface area (Å²) >= 11 is 0. The normalized spacial score (nSPS) is 41.3. The van der Waals surface area contributed by atoms with Gasteiger partial charge in [0.05, 0.1) is 12.4 Å². The van der Waals surface area contributed by atoms with Gasteiger partial charge in [-0.1, -0.05) is 51.5 Å². The number of nitrogens with zero attached hydrogens (tertiary/aromatic N) is 2. The molecule has 53 heavy (non-hydrogen) atoms. The number of H-pyrrole nitrogens is 2. The molecule has 0 amide bonds. The van der Waals surface area contributed by atoms with Crippen molar-refractivity contribution in [2.75, 3.05) is 26.3 Å². The molecule has 0 aliphatic heterocycles. The van der Waals surface area contributed by atoms with Crippen molar-refractivity contribution in [3.8, 4) is 0 Å². The Bertz CT molecular complexity index is 1590. The van der Waals surface area contributed by atoms with E-state index in [0.717, 1.165) is 45.2 Å². The molecule has 10 nitrogen and oxygen atoms in total. The summed E-state index contributed by atoms with van der Waals surface area (Å²) in [6.45, 7) is 18.4. The number of allylic oxidation sites excluding steroid dienone is 3. The van der Waals surface area contributed by atoms with Crippen molar-refractivity contribution in [3.05, 3.63) is 58.7 Å². The standard InChI is InChI=1S/2C21H33N3O.ClH.H3NO/c2*1-13-4-5-17-16(10-22)18(6-7-20(13,17)2)21(3)9-14-11-23-24-19(14)8-15(21)12-25;;1-2/h4,11,15-18,25H,5-10,12,22H2,1-3H3,(H,23,24);11,15-18,25H,1,4-10,12,22H2,2-3H3,(H,23,24);1H;2H,1H2/t2*15-,16+,17+,18+,20-,21+;;/m11../s1. The highest BCUT2D eigenvalue weighted by atomic mass is 35.5. The van der Waals surface area contributed by atoms with Crippen molar-refractivity contribution in [1.82, 2.24) is 20.4 Å². The number of halogens is 1.